The quantitative estimate of drug-likeness (QED) is 0.808. The lowest BCUT2D eigenvalue weighted by Gasteiger charge is -2.19. The number of benzene rings is 2. The third kappa shape index (κ3) is 4.23. The number of rotatable bonds is 5. The lowest BCUT2D eigenvalue weighted by molar-refractivity contribution is -0.890. The molecule has 116 valence electrons. The predicted molar refractivity (Wildman–Crippen MR) is 92.6 cm³/mol. The van der Waals surface area contributed by atoms with E-state index in [0.29, 0.717) is 17.1 Å². The number of nitrogens with zero attached hydrogens (tertiary/aromatic N) is 1. The molecule has 0 saturated carbocycles. The Balaban J connectivity index is 2.17. The van der Waals surface area contributed by atoms with Crippen molar-refractivity contribution in [2.24, 2.45) is 4.99 Å². The first kappa shape index (κ1) is 16.8. The minimum atomic E-state index is 0.00303. The summed E-state index contributed by atoms with van der Waals surface area (Å²) in [7, 11) is 4.20. The van der Waals surface area contributed by atoms with Gasteiger partial charge in [0.15, 0.2) is 0 Å². The van der Waals surface area contributed by atoms with Crippen molar-refractivity contribution in [1.29, 1.82) is 0 Å². The monoisotopic (exact) mass is 337 g/mol. The first-order valence-corrected chi connectivity index (χ1v) is 7.77. The number of hydrogen-bond acceptors (Lipinski definition) is 2. The van der Waals surface area contributed by atoms with Gasteiger partial charge in [0.25, 0.3) is 0 Å². The van der Waals surface area contributed by atoms with Gasteiger partial charge in [0.05, 0.1) is 25.7 Å². The number of phenolic OH excluding ortho intramolecular Hbond substituents is 1. The molecule has 3 nitrogen and oxygen atoms in total. The molecule has 0 aliphatic rings. The summed E-state index contributed by atoms with van der Waals surface area (Å²) in [5.41, 5.74) is 1.76. The number of aliphatic imine (C=N–C) groups is 1. The molecule has 0 spiro atoms. The number of phenols is 1. The Hall–Kier alpha value is -1.55. The van der Waals surface area contributed by atoms with E-state index >= 15 is 0 Å². The summed E-state index contributed by atoms with van der Waals surface area (Å²) in [6.45, 7) is 0.607. The van der Waals surface area contributed by atoms with Crippen LogP contribution in [0.5, 0.6) is 5.75 Å². The molecule has 2 N–H and O–H groups in total. The van der Waals surface area contributed by atoms with Gasteiger partial charge in [-0.3, -0.25) is 4.99 Å². The van der Waals surface area contributed by atoms with Crippen LogP contribution in [0.25, 0.3) is 0 Å². The van der Waals surface area contributed by atoms with Gasteiger partial charge >= 0.3 is 0 Å². The lowest BCUT2D eigenvalue weighted by Crippen LogP contribution is -3.06. The van der Waals surface area contributed by atoms with Crippen LogP contribution in [0.1, 0.15) is 17.2 Å². The highest BCUT2D eigenvalue weighted by atomic mass is 35.5. The number of halogens is 2. The van der Waals surface area contributed by atoms with Crippen LogP contribution in [0.15, 0.2) is 47.5 Å². The van der Waals surface area contributed by atoms with Crippen LogP contribution >= 0.6 is 23.2 Å². The normalized spacial score (nSPS) is 13.0. The third-order valence-electron chi connectivity index (χ3n) is 3.47. The number of nitrogens with one attached hydrogen (secondary N) is 1. The van der Waals surface area contributed by atoms with E-state index in [-0.39, 0.29) is 16.8 Å². The van der Waals surface area contributed by atoms with E-state index in [4.69, 9.17) is 23.2 Å². The third-order valence-corrected chi connectivity index (χ3v) is 3.98. The highest BCUT2D eigenvalue weighted by molar-refractivity contribution is 6.36. The van der Waals surface area contributed by atoms with Crippen LogP contribution in [-0.4, -0.2) is 32.0 Å². The summed E-state index contributed by atoms with van der Waals surface area (Å²) in [4.78, 5) is 5.75. The van der Waals surface area contributed by atoms with Gasteiger partial charge in [0, 0.05) is 22.4 Å². The Bertz CT molecular complexity index is 657. The smallest absolute Gasteiger partial charge is 0.143 e. The van der Waals surface area contributed by atoms with Crippen molar-refractivity contribution < 1.29 is 10.0 Å². The second-order valence-electron chi connectivity index (χ2n) is 5.36. The van der Waals surface area contributed by atoms with E-state index in [1.807, 2.05) is 18.2 Å². The first-order chi connectivity index (χ1) is 10.5. The van der Waals surface area contributed by atoms with E-state index in [0.717, 1.165) is 0 Å². The molecule has 2 aromatic rings. The molecule has 0 fully saturated rings. The number of quaternary nitrogens is 1. The highest BCUT2D eigenvalue weighted by Gasteiger charge is 2.16. The van der Waals surface area contributed by atoms with Crippen molar-refractivity contribution in [3.63, 3.8) is 0 Å². The second kappa shape index (κ2) is 7.63. The van der Waals surface area contributed by atoms with Crippen LogP contribution in [0, 0.1) is 0 Å². The maximum Gasteiger partial charge on any atom is 0.143 e. The zero-order valence-corrected chi connectivity index (χ0v) is 14.1. The fourth-order valence-electron chi connectivity index (χ4n) is 2.25. The number of hydrogen-bond donors (Lipinski definition) is 2. The molecule has 2 aromatic carbocycles. The van der Waals surface area contributed by atoms with Crippen molar-refractivity contribution in [2.45, 2.75) is 6.04 Å². The van der Waals surface area contributed by atoms with Gasteiger partial charge in [-0.1, -0.05) is 53.5 Å². The van der Waals surface area contributed by atoms with Gasteiger partial charge in [-0.2, -0.15) is 0 Å². The van der Waals surface area contributed by atoms with Crippen molar-refractivity contribution in [3.05, 3.63) is 63.6 Å². The Labute approximate surface area is 140 Å². The van der Waals surface area contributed by atoms with Gasteiger partial charge in [-0.25, -0.2) is 0 Å². The molecule has 22 heavy (non-hydrogen) atoms. The SMILES string of the molecule is C[NH+](C)[C@@H](CN=Cc1cc(Cl)cc(Cl)c1O)c1ccccc1. The Morgan fingerprint density at radius 2 is 1.86 bits per heavy atom. The first-order valence-electron chi connectivity index (χ1n) is 7.02. The van der Waals surface area contributed by atoms with Crippen LogP contribution < -0.4 is 4.90 Å². The highest BCUT2D eigenvalue weighted by Crippen LogP contribution is 2.30. The van der Waals surface area contributed by atoms with Crippen LogP contribution in [0.4, 0.5) is 0 Å². The van der Waals surface area contributed by atoms with Crippen molar-refractivity contribution in [1.82, 2.24) is 0 Å². The van der Waals surface area contributed by atoms with E-state index in [1.165, 1.54) is 16.5 Å². The number of likely N-dealkylation sites (N-methyl/N-ethyl adjacent to an activating group) is 1. The minimum Gasteiger partial charge on any atom is -0.506 e. The molecular weight excluding hydrogens is 319 g/mol. The largest absolute Gasteiger partial charge is 0.506 e. The summed E-state index contributed by atoms with van der Waals surface area (Å²) in [5, 5.41) is 10.6. The molecule has 0 aliphatic carbocycles. The van der Waals surface area contributed by atoms with Gasteiger partial charge in [-0.05, 0) is 12.1 Å². The zero-order valence-electron chi connectivity index (χ0n) is 12.6. The van der Waals surface area contributed by atoms with Gasteiger partial charge in [0.2, 0.25) is 0 Å². The molecule has 2 rings (SSSR count). The molecule has 5 heteroatoms. The topological polar surface area (TPSA) is 37.0 Å². The van der Waals surface area contributed by atoms with E-state index in [9.17, 15) is 5.11 Å². The molecule has 0 heterocycles. The predicted octanol–water partition coefficient (Wildman–Crippen LogP) is 3.00. The summed E-state index contributed by atoms with van der Waals surface area (Å²) in [5.74, 6) is 0.00303. The van der Waals surface area contributed by atoms with Crippen LogP contribution in [0.2, 0.25) is 10.0 Å². The maximum absolute atomic E-state index is 9.93. The standard InChI is InChI=1S/C17H18Cl2N2O/c1-21(2)16(12-6-4-3-5-7-12)11-20-10-13-8-14(18)9-15(19)17(13)22/h3-10,16,22H,11H2,1-2H3/p+1/t16-/m0/s1. The maximum atomic E-state index is 9.93. The number of aromatic hydroxyl groups is 1. The van der Waals surface area contributed by atoms with Crippen LogP contribution in [-0.2, 0) is 0 Å². The van der Waals surface area contributed by atoms with E-state index in [1.54, 1.807) is 12.3 Å². The summed E-state index contributed by atoms with van der Waals surface area (Å²) in [6, 6.07) is 13.6. The fraction of sp³-hybridized carbons (Fsp3) is 0.235. The molecule has 0 unspecified atom stereocenters. The minimum absolute atomic E-state index is 0.00303. The summed E-state index contributed by atoms with van der Waals surface area (Å²) in [6.07, 6.45) is 1.62. The summed E-state index contributed by atoms with van der Waals surface area (Å²) >= 11 is 11.9. The second-order valence-corrected chi connectivity index (χ2v) is 6.20. The van der Waals surface area contributed by atoms with Crippen molar-refractivity contribution in [2.75, 3.05) is 20.6 Å². The van der Waals surface area contributed by atoms with Gasteiger partial charge < -0.3 is 10.0 Å². The molecule has 0 bridgehead atoms. The van der Waals surface area contributed by atoms with E-state index in [2.05, 4.69) is 31.2 Å². The average molecular weight is 338 g/mol. The fourth-order valence-corrected chi connectivity index (χ4v) is 2.76. The molecule has 0 radical (unpaired) electrons. The Kier molecular flexibility index (Phi) is 5.83. The molecule has 0 aromatic heterocycles. The Morgan fingerprint density at radius 3 is 2.50 bits per heavy atom. The molecular formula is C17H19Cl2N2O+. The van der Waals surface area contributed by atoms with E-state index < -0.39 is 0 Å². The molecule has 0 amide bonds. The molecule has 0 aliphatic heterocycles. The van der Waals surface area contributed by atoms with Gasteiger partial charge in [0.1, 0.15) is 11.8 Å². The molecule has 0 saturated heterocycles. The zero-order chi connectivity index (χ0) is 16.1. The van der Waals surface area contributed by atoms with Crippen molar-refractivity contribution in [3.8, 4) is 5.75 Å². The average Bonchev–Trinajstić information content (AvgIpc) is 2.48. The Morgan fingerprint density at radius 1 is 1.18 bits per heavy atom. The van der Waals surface area contributed by atoms with Crippen molar-refractivity contribution >= 4 is 29.4 Å². The lowest BCUT2D eigenvalue weighted by atomic mass is 10.1. The van der Waals surface area contributed by atoms with Gasteiger partial charge in [-0.15, -0.1) is 0 Å². The molecule has 1 atom stereocenters. The summed E-state index contributed by atoms with van der Waals surface area (Å²) < 4.78 is 0. The van der Waals surface area contributed by atoms with Crippen LogP contribution in [0.3, 0.4) is 0 Å².